The molecule has 1 saturated heterocycles. The van der Waals surface area contributed by atoms with Crippen LogP contribution in [0, 0.1) is 11.3 Å². The Kier molecular flexibility index (Phi) is 5.79. The van der Waals surface area contributed by atoms with Gasteiger partial charge in [-0.15, -0.1) is 0 Å². The number of piperazine rings is 1. The topological polar surface area (TPSA) is 68.6 Å². The minimum atomic E-state index is -0.208. The van der Waals surface area contributed by atoms with Gasteiger partial charge in [0.25, 0.3) is 0 Å². The third-order valence-corrected chi connectivity index (χ3v) is 5.75. The van der Waals surface area contributed by atoms with Gasteiger partial charge < -0.3 is 10.1 Å². The Labute approximate surface area is 171 Å². The molecule has 4 rings (SSSR count). The predicted octanol–water partition coefficient (Wildman–Crippen LogP) is 2.64. The van der Waals surface area contributed by atoms with Crippen molar-refractivity contribution >= 4 is 11.6 Å². The van der Waals surface area contributed by atoms with Crippen molar-refractivity contribution in [3.8, 4) is 11.8 Å². The van der Waals surface area contributed by atoms with Crippen LogP contribution in [0.1, 0.15) is 23.6 Å². The number of nitrogens with one attached hydrogen (secondary N) is 1. The molecule has 2 aliphatic rings. The first-order valence-electron chi connectivity index (χ1n) is 10.1. The Bertz CT molecular complexity index is 929. The van der Waals surface area contributed by atoms with E-state index < -0.39 is 0 Å². The third-order valence-electron chi connectivity index (χ3n) is 5.75. The molecule has 2 aromatic rings. The molecule has 1 N–H and O–H groups in total. The molecule has 150 valence electrons. The van der Waals surface area contributed by atoms with Crippen molar-refractivity contribution in [2.75, 3.05) is 38.1 Å². The highest BCUT2D eigenvalue weighted by molar-refractivity contribution is 5.94. The molecule has 0 aliphatic carbocycles. The predicted molar refractivity (Wildman–Crippen MR) is 112 cm³/mol. The van der Waals surface area contributed by atoms with Crippen LogP contribution in [0.3, 0.4) is 0 Å². The van der Waals surface area contributed by atoms with Crippen molar-refractivity contribution in [2.45, 2.75) is 25.9 Å². The van der Waals surface area contributed by atoms with Crippen molar-refractivity contribution in [2.24, 2.45) is 0 Å². The van der Waals surface area contributed by atoms with E-state index in [1.165, 1.54) is 11.1 Å². The fourth-order valence-corrected chi connectivity index (χ4v) is 3.98. The Morgan fingerprint density at radius 1 is 1.21 bits per heavy atom. The van der Waals surface area contributed by atoms with Gasteiger partial charge in [-0.1, -0.05) is 18.2 Å². The van der Waals surface area contributed by atoms with Crippen LogP contribution in [-0.4, -0.2) is 54.5 Å². The number of nitriles is 1. The number of fused-ring (bicyclic) bond motifs is 1. The number of carbonyl (C=O) groups excluding carboxylic acids is 1. The number of nitrogens with zero attached hydrogens (tertiary/aromatic N) is 3. The normalized spacial score (nSPS) is 17.8. The summed E-state index contributed by atoms with van der Waals surface area (Å²) in [6.07, 6.45) is 1.00. The lowest BCUT2D eigenvalue weighted by Gasteiger charge is -2.37. The lowest BCUT2D eigenvalue weighted by molar-refractivity contribution is -0.121. The van der Waals surface area contributed by atoms with Gasteiger partial charge in [0.05, 0.1) is 24.3 Å². The largest absolute Gasteiger partial charge is 0.493 e. The molecule has 2 aromatic carbocycles. The number of hydrogen-bond donors (Lipinski definition) is 1. The molecule has 29 heavy (non-hydrogen) atoms. The lowest BCUT2D eigenvalue weighted by Crippen LogP contribution is -2.52. The van der Waals surface area contributed by atoms with Crippen molar-refractivity contribution in [1.29, 1.82) is 5.26 Å². The highest BCUT2D eigenvalue weighted by Crippen LogP contribution is 2.26. The Balaban J connectivity index is 1.28. The minimum absolute atomic E-state index is 0.0350. The summed E-state index contributed by atoms with van der Waals surface area (Å²) in [4.78, 5) is 17.3. The van der Waals surface area contributed by atoms with Crippen LogP contribution in [0.5, 0.6) is 5.75 Å². The standard InChI is InChI=1S/C23H26N4O2/c1-17(23(28)25-21-4-2-3-18(14-21)15-24)27-10-8-26(9-11-27)16-19-5-6-22-20(13-19)7-12-29-22/h2-6,13-14,17H,7-12,16H2,1H3,(H,25,28)/t17-/m0/s1. The maximum Gasteiger partial charge on any atom is 0.241 e. The molecule has 1 amide bonds. The van der Waals surface area contributed by atoms with Gasteiger partial charge in [-0.25, -0.2) is 0 Å². The Morgan fingerprint density at radius 3 is 2.83 bits per heavy atom. The third kappa shape index (κ3) is 4.58. The van der Waals surface area contributed by atoms with Crippen LogP contribution in [0.25, 0.3) is 0 Å². The number of carbonyl (C=O) groups is 1. The molecule has 0 unspecified atom stereocenters. The van der Waals surface area contributed by atoms with Crippen LogP contribution < -0.4 is 10.1 Å². The Hall–Kier alpha value is -2.88. The van der Waals surface area contributed by atoms with Gasteiger partial charge in [-0.2, -0.15) is 5.26 Å². The first-order chi connectivity index (χ1) is 14.1. The molecule has 0 saturated carbocycles. The average Bonchev–Trinajstić information content (AvgIpc) is 3.22. The van der Waals surface area contributed by atoms with Crippen LogP contribution in [-0.2, 0) is 17.8 Å². The van der Waals surface area contributed by atoms with Crippen molar-refractivity contribution < 1.29 is 9.53 Å². The average molecular weight is 390 g/mol. The van der Waals surface area contributed by atoms with Crippen LogP contribution in [0.15, 0.2) is 42.5 Å². The molecule has 0 radical (unpaired) electrons. The zero-order valence-electron chi connectivity index (χ0n) is 16.7. The van der Waals surface area contributed by atoms with Gasteiger partial charge in [0.15, 0.2) is 0 Å². The van der Waals surface area contributed by atoms with E-state index in [0.717, 1.165) is 51.5 Å². The molecule has 6 heteroatoms. The summed E-state index contributed by atoms with van der Waals surface area (Å²) in [5.41, 5.74) is 3.85. The van der Waals surface area contributed by atoms with Gasteiger partial charge in [0.1, 0.15) is 5.75 Å². The number of benzene rings is 2. The van der Waals surface area contributed by atoms with Gasteiger partial charge in [-0.05, 0) is 42.3 Å². The number of hydrogen-bond acceptors (Lipinski definition) is 5. The zero-order valence-corrected chi connectivity index (χ0v) is 16.7. The molecule has 2 aliphatic heterocycles. The summed E-state index contributed by atoms with van der Waals surface area (Å²) in [6.45, 7) is 7.27. The maximum absolute atomic E-state index is 12.6. The second-order valence-electron chi connectivity index (χ2n) is 7.71. The summed E-state index contributed by atoms with van der Waals surface area (Å²) >= 11 is 0. The van der Waals surface area contributed by atoms with Crippen LogP contribution in [0.2, 0.25) is 0 Å². The number of rotatable bonds is 5. The van der Waals surface area contributed by atoms with Crippen LogP contribution >= 0.6 is 0 Å². The fraction of sp³-hybridized carbons (Fsp3) is 0.391. The first kappa shape index (κ1) is 19.4. The maximum atomic E-state index is 12.6. The molecule has 1 fully saturated rings. The van der Waals surface area contributed by atoms with Crippen LogP contribution in [0.4, 0.5) is 5.69 Å². The number of ether oxygens (including phenoxy) is 1. The van der Waals surface area contributed by atoms with Crippen molar-refractivity contribution in [3.63, 3.8) is 0 Å². The van der Waals surface area contributed by atoms with Gasteiger partial charge in [0, 0.05) is 44.8 Å². The van der Waals surface area contributed by atoms with E-state index in [1.807, 2.05) is 13.0 Å². The minimum Gasteiger partial charge on any atom is -0.493 e. The summed E-state index contributed by atoms with van der Waals surface area (Å²) in [5.74, 6) is 0.992. The zero-order chi connectivity index (χ0) is 20.2. The van der Waals surface area contributed by atoms with Gasteiger partial charge in [-0.3, -0.25) is 14.6 Å². The number of anilines is 1. The molecule has 1 atom stereocenters. The Morgan fingerprint density at radius 2 is 2.03 bits per heavy atom. The second kappa shape index (κ2) is 8.64. The number of amides is 1. The highest BCUT2D eigenvalue weighted by Gasteiger charge is 2.26. The quantitative estimate of drug-likeness (QED) is 0.850. The van der Waals surface area contributed by atoms with Crippen molar-refractivity contribution in [3.05, 3.63) is 59.2 Å². The van der Waals surface area contributed by atoms with E-state index in [-0.39, 0.29) is 11.9 Å². The lowest BCUT2D eigenvalue weighted by atomic mass is 10.1. The summed E-state index contributed by atoms with van der Waals surface area (Å²) in [5, 5.41) is 11.9. The van der Waals surface area contributed by atoms with E-state index >= 15 is 0 Å². The monoisotopic (exact) mass is 390 g/mol. The summed E-state index contributed by atoms with van der Waals surface area (Å²) in [7, 11) is 0. The molecule has 0 aromatic heterocycles. The molecule has 6 nitrogen and oxygen atoms in total. The molecular weight excluding hydrogens is 364 g/mol. The summed E-state index contributed by atoms with van der Waals surface area (Å²) < 4.78 is 5.59. The first-order valence-corrected chi connectivity index (χ1v) is 10.1. The van der Waals surface area contributed by atoms with E-state index in [0.29, 0.717) is 11.3 Å². The van der Waals surface area contributed by atoms with E-state index in [2.05, 4.69) is 39.4 Å². The summed E-state index contributed by atoms with van der Waals surface area (Å²) in [6, 6.07) is 15.4. The smallest absolute Gasteiger partial charge is 0.241 e. The molecule has 0 bridgehead atoms. The van der Waals surface area contributed by atoms with Gasteiger partial charge in [0.2, 0.25) is 5.91 Å². The fourth-order valence-electron chi connectivity index (χ4n) is 3.98. The van der Waals surface area contributed by atoms with E-state index in [4.69, 9.17) is 10.00 Å². The second-order valence-corrected chi connectivity index (χ2v) is 7.71. The van der Waals surface area contributed by atoms with Gasteiger partial charge >= 0.3 is 0 Å². The SMILES string of the molecule is C[C@@H](C(=O)Nc1cccc(C#N)c1)N1CCN(Cc2ccc3c(c2)CCO3)CC1. The van der Waals surface area contributed by atoms with E-state index in [1.54, 1.807) is 18.2 Å². The molecule has 2 heterocycles. The highest BCUT2D eigenvalue weighted by atomic mass is 16.5. The molecule has 0 spiro atoms. The molecular formula is C23H26N4O2. The van der Waals surface area contributed by atoms with E-state index in [9.17, 15) is 4.79 Å². The van der Waals surface area contributed by atoms with Crippen molar-refractivity contribution in [1.82, 2.24) is 9.80 Å².